The van der Waals surface area contributed by atoms with Crippen LogP contribution in [-0.2, 0) is 9.59 Å². The molecule has 5 aliphatic rings. The Bertz CT molecular complexity index is 1410. The van der Waals surface area contributed by atoms with Gasteiger partial charge in [0.1, 0.15) is 6.07 Å². The summed E-state index contributed by atoms with van der Waals surface area (Å²) in [4.78, 5) is 39.5. The number of nitrogens with one attached hydrogen (secondary N) is 1. The van der Waals surface area contributed by atoms with Gasteiger partial charge in [-0.25, -0.2) is 0 Å². The number of hydrogen-bond acceptors (Lipinski definition) is 7. The van der Waals surface area contributed by atoms with E-state index in [-0.39, 0.29) is 63.4 Å². The van der Waals surface area contributed by atoms with E-state index in [4.69, 9.17) is 4.42 Å². The van der Waals surface area contributed by atoms with Gasteiger partial charge in [0.15, 0.2) is 11.6 Å². The number of amides is 1. The molecule has 0 spiro atoms. The second-order valence-electron chi connectivity index (χ2n) is 14.4. The van der Waals surface area contributed by atoms with E-state index in [0.29, 0.717) is 5.89 Å². The molecule has 8 nitrogen and oxygen atoms in total. The minimum absolute atomic E-state index is 0.0215. The van der Waals surface area contributed by atoms with Crippen LogP contribution in [0.2, 0.25) is 0 Å². The number of allylic oxidation sites excluding steroid dienone is 4. The fourth-order valence-electron chi connectivity index (χ4n) is 10.0. The SMILES string of the molecule is CNC(=O)c1nnc([C@H]2CC[C@]3(C)CCC4[C@H](C(=O)C=C5[C@@]6(C)C=C(C#N)C(=O)C(C)(C)C6CC[C@]54C)[C@@H]3C2)o1. The van der Waals surface area contributed by atoms with E-state index in [0.717, 1.165) is 50.5 Å². The van der Waals surface area contributed by atoms with E-state index in [1.165, 1.54) is 7.05 Å². The van der Waals surface area contributed by atoms with Crippen molar-refractivity contribution < 1.29 is 18.8 Å². The van der Waals surface area contributed by atoms with Crippen molar-refractivity contribution in [3.05, 3.63) is 35.1 Å². The number of carbonyl (C=O) groups is 3. The Labute approximate surface area is 236 Å². The number of Topliss-reactive ketones (excluding diaryl/α,β-unsaturated/α-hetero) is 1. The highest BCUT2D eigenvalue weighted by Crippen LogP contribution is 2.70. The first-order valence-corrected chi connectivity index (χ1v) is 14.8. The van der Waals surface area contributed by atoms with Crippen LogP contribution < -0.4 is 5.32 Å². The standard InChI is InChI=1S/C32H40N4O4/c1-29(2)22-9-12-31(4)19-8-11-30(3)10-7-17(27-35-36-28(40-27)26(39)34-6)13-20(30)24(19)21(37)14-23(31)32(22,5)15-18(16-33)25(29)38/h14-15,17,19-20,22,24H,7-13H2,1-6H3,(H,34,39)/t17-,19?,20-,22?,24-,30+,31-,32-/m0/s1. The van der Waals surface area contributed by atoms with Gasteiger partial charge in [-0.05, 0) is 79.6 Å². The molecule has 1 heterocycles. The summed E-state index contributed by atoms with van der Waals surface area (Å²) in [6, 6.07) is 2.17. The van der Waals surface area contributed by atoms with Gasteiger partial charge in [-0.15, -0.1) is 10.2 Å². The average molecular weight is 545 g/mol. The predicted molar refractivity (Wildman–Crippen MR) is 147 cm³/mol. The summed E-state index contributed by atoms with van der Waals surface area (Å²) in [6.45, 7) is 10.8. The Balaban J connectivity index is 1.39. The van der Waals surface area contributed by atoms with Gasteiger partial charge in [-0.3, -0.25) is 14.4 Å². The van der Waals surface area contributed by atoms with E-state index in [1.807, 2.05) is 26.0 Å². The highest BCUT2D eigenvalue weighted by Gasteiger charge is 2.65. The van der Waals surface area contributed by atoms with Gasteiger partial charge >= 0.3 is 11.8 Å². The van der Waals surface area contributed by atoms with E-state index >= 15 is 0 Å². The third kappa shape index (κ3) is 3.51. The molecule has 0 bridgehead atoms. The molecule has 40 heavy (non-hydrogen) atoms. The van der Waals surface area contributed by atoms with Crippen molar-refractivity contribution in [3.63, 3.8) is 0 Å². The van der Waals surface area contributed by atoms with Crippen LogP contribution in [0.15, 0.2) is 27.7 Å². The first kappa shape index (κ1) is 27.1. The van der Waals surface area contributed by atoms with E-state index in [2.05, 4.69) is 42.4 Å². The molecule has 6 rings (SSSR count). The number of carbonyl (C=O) groups excluding carboxylic acids is 3. The molecule has 1 amide bonds. The van der Waals surface area contributed by atoms with Gasteiger partial charge in [-0.2, -0.15) is 5.26 Å². The quantitative estimate of drug-likeness (QED) is 0.533. The third-order valence-electron chi connectivity index (χ3n) is 12.2. The zero-order valence-electron chi connectivity index (χ0n) is 24.5. The van der Waals surface area contributed by atoms with Crippen LogP contribution in [0.5, 0.6) is 0 Å². The maximum atomic E-state index is 14.3. The lowest BCUT2D eigenvalue weighted by Gasteiger charge is -2.64. The van der Waals surface area contributed by atoms with Gasteiger partial charge in [0.25, 0.3) is 0 Å². The number of hydrogen-bond donors (Lipinski definition) is 1. The molecule has 3 fully saturated rings. The van der Waals surface area contributed by atoms with E-state index < -0.39 is 16.7 Å². The summed E-state index contributed by atoms with van der Waals surface area (Å²) < 4.78 is 5.79. The molecule has 1 aromatic rings. The zero-order chi connectivity index (χ0) is 28.8. The molecule has 1 N–H and O–H groups in total. The van der Waals surface area contributed by atoms with Crippen LogP contribution in [-0.4, -0.2) is 34.7 Å². The van der Waals surface area contributed by atoms with Crippen LogP contribution in [0.25, 0.3) is 0 Å². The number of ketones is 2. The highest BCUT2D eigenvalue weighted by molar-refractivity contribution is 6.04. The Morgan fingerprint density at radius 3 is 2.48 bits per heavy atom. The lowest BCUT2D eigenvalue weighted by Crippen LogP contribution is -2.60. The molecule has 1 aromatic heterocycles. The maximum absolute atomic E-state index is 14.3. The lowest BCUT2D eigenvalue weighted by atomic mass is 9.39. The zero-order valence-corrected chi connectivity index (χ0v) is 24.5. The topological polar surface area (TPSA) is 126 Å². The van der Waals surface area contributed by atoms with Crippen molar-refractivity contribution in [1.82, 2.24) is 15.5 Å². The molecule has 5 aliphatic carbocycles. The number of rotatable bonds is 2. The molecule has 0 aromatic carbocycles. The van der Waals surface area contributed by atoms with E-state index in [9.17, 15) is 19.6 Å². The number of aromatic nitrogens is 2. The van der Waals surface area contributed by atoms with E-state index in [1.54, 1.807) is 0 Å². The number of fused-ring (bicyclic) bond motifs is 7. The average Bonchev–Trinajstić information content (AvgIpc) is 3.41. The minimum Gasteiger partial charge on any atom is -0.417 e. The largest absolute Gasteiger partial charge is 0.417 e. The Morgan fingerprint density at radius 1 is 1.05 bits per heavy atom. The van der Waals surface area contributed by atoms with Crippen molar-refractivity contribution >= 4 is 17.5 Å². The second kappa shape index (κ2) is 8.71. The normalized spacial score (nSPS) is 41.8. The molecule has 212 valence electrons. The predicted octanol–water partition coefficient (Wildman–Crippen LogP) is 5.34. The first-order chi connectivity index (χ1) is 18.8. The van der Waals surface area contributed by atoms with Crippen molar-refractivity contribution in [2.45, 2.75) is 85.5 Å². The minimum atomic E-state index is -0.657. The molecule has 0 aliphatic heterocycles. The van der Waals surface area contributed by atoms with Crippen LogP contribution in [0.1, 0.15) is 102 Å². The van der Waals surface area contributed by atoms with Gasteiger partial charge in [-0.1, -0.05) is 46.3 Å². The Hall–Kier alpha value is -3.08. The fraction of sp³-hybridized carbons (Fsp3) is 0.688. The summed E-state index contributed by atoms with van der Waals surface area (Å²) in [5, 5.41) is 20.6. The van der Waals surface area contributed by atoms with Crippen molar-refractivity contribution in [3.8, 4) is 6.07 Å². The smallest absolute Gasteiger partial charge is 0.308 e. The van der Waals surface area contributed by atoms with Gasteiger partial charge in [0.05, 0.1) is 5.57 Å². The molecule has 8 heteroatoms. The molecular weight excluding hydrogens is 504 g/mol. The van der Waals surface area contributed by atoms with Gasteiger partial charge in [0.2, 0.25) is 5.89 Å². The monoisotopic (exact) mass is 544 g/mol. The Kier molecular flexibility index (Phi) is 5.90. The third-order valence-corrected chi connectivity index (χ3v) is 12.2. The number of nitriles is 1. The van der Waals surface area contributed by atoms with Crippen molar-refractivity contribution in [2.24, 2.45) is 45.3 Å². The highest BCUT2D eigenvalue weighted by atomic mass is 16.4. The summed E-state index contributed by atoms with van der Waals surface area (Å²) >= 11 is 0. The molecule has 0 radical (unpaired) electrons. The Morgan fingerprint density at radius 2 is 1.77 bits per heavy atom. The summed E-state index contributed by atoms with van der Waals surface area (Å²) in [6.07, 6.45) is 10.4. The van der Waals surface area contributed by atoms with Gasteiger partial charge < -0.3 is 9.73 Å². The molecule has 2 unspecified atom stereocenters. The fourth-order valence-corrected chi connectivity index (χ4v) is 10.0. The second-order valence-corrected chi connectivity index (χ2v) is 14.4. The van der Waals surface area contributed by atoms with Crippen LogP contribution >= 0.6 is 0 Å². The van der Waals surface area contributed by atoms with Crippen molar-refractivity contribution in [1.29, 1.82) is 5.26 Å². The molecule has 3 saturated carbocycles. The molecule has 8 atom stereocenters. The molecule has 0 saturated heterocycles. The first-order valence-electron chi connectivity index (χ1n) is 14.8. The van der Waals surface area contributed by atoms with Crippen molar-refractivity contribution in [2.75, 3.05) is 7.05 Å². The maximum Gasteiger partial charge on any atom is 0.308 e. The molecular formula is C32H40N4O4. The van der Waals surface area contributed by atoms with Crippen LogP contribution in [0.4, 0.5) is 0 Å². The van der Waals surface area contributed by atoms with Crippen LogP contribution in [0.3, 0.4) is 0 Å². The number of nitrogens with zero attached hydrogens (tertiary/aromatic N) is 3. The van der Waals surface area contributed by atoms with Crippen LogP contribution in [0, 0.1) is 56.7 Å². The summed E-state index contributed by atoms with van der Waals surface area (Å²) in [5.74, 6) is 0.556. The summed E-state index contributed by atoms with van der Waals surface area (Å²) in [5.41, 5.74) is 0.0709. The lowest BCUT2D eigenvalue weighted by molar-refractivity contribution is -0.143. The van der Waals surface area contributed by atoms with Gasteiger partial charge in [0, 0.05) is 29.7 Å². The summed E-state index contributed by atoms with van der Waals surface area (Å²) in [7, 11) is 1.54.